The van der Waals surface area contributed by atoms with Crippen molar-refractivity contribution in [2.75, 3.05) is 0 Å². The fourth-order valence-corrected chi connectivity index (χ4v) is 2.20. The van der Waals surface area contributed by atoms with Crippen LogP contribution in [-0.4, -0.2) is 14.3 Å². The van der Waals surface area contributed by atoms with Crippen LogP contribution in [0.3, 0.4) is 0 Å². The summed E-state index contributed by atoms with van der Waals surface area (Å²) >= 11 is 6.00. The maximum Gasteiger partial charge on any atom is 0.274 e. The molecule has 6 heteroatoms. The summed E-state index contributed by atoms with van der Waals surface area (Å²) in [6, 6.07) is 1.61. The first-order chi connectivity index (χ1) is 8.08. The van der Waals surface area contributed by atoms with Crippen LogP contribution in [0.2, 0.25) is 5.15 Å². The van der Waals surface area contributed by atoms with Crippen molar-refractivity contribution in [1.82, 2.24) is 14.3 Å². The lowest BCUT2D eigenvalue weighted by molar-refractivity contribution is 0.700. The van der Waals surface area contributed by atoms with Crippen LogP contribution >= 0.6 is 11.6 Å². The number of pyridine rings is 1. The van der Waals surface area contributed by atoms with Crippen molar-refractivity contribution in [3.63, 3.8) is 0 Å². The Hall–Kier alpha value is -1.62. The molecule has 0 radical (unpaired) electrons. The molecular formula is C11H10ClN3O2. The van der Waals surface area contributed by atoms with Gasteiger partial charge < -0.3 is 4.57 Å². The molecule has 3 rings (SSSR count). The summed E-state index contributed by atoms with van der Waals surface area (Å²) in [4.78, 5) is 23.7. The van der Waals surface area contributed by atoms with E-state index >= 15 is 0 Å². The first-order valence-corrected chi connectivity index (χ1v) is 5.74. The number of nitrogens with zero attached hydrogens (tertiary/aromatic N) is 3. The van der Waals surface area contributed by atoms with Gasteiger partial charge in [-0.3, -0.25) is 9.59 Å². The zero-order valence-electron chi connectivity index (χ0n) is 9.18. The van der Waals surface area contributed by atoms with Gasteiger partial charge in [-0.05, 0) is 12.8 Å². The molecule has 17 heavy (non-hydrogen) atoms. The summed E-state index contributed by atoms with van der Waals surface area (Å²) in [6.45, 7) is 0. The van der Waals surface area contributed by atoms with Gasteiger partial charge in [0, 0.05) is 30.7 Å². The van der Waals surface area contributed by atoms with Gasteiger partial charge in [-0.25, -0.2) is 4.68 Å². The van der Waals surface area contributed by atoms with Gasteiger partial charge in [0.1, 0.15) is 0 Å². The largest absolute Gasteiger partial charge is 0.312 e. The number of rotatable bonds is 1. The molecular weight excluding hydrogens is 242 g/mol. The van der Waals surface area contributed by atoms with Crippen molar-refractivity contribution in [2.45, 2.75) is 18.9 Å². The lowest BCUT2D eigenvalue weighted by Gasteiger charge is -2.07. The Bertz CT molecular complexity index is 728. The molecule has 0 bridgehead atoms. The first-order valence-electron chi connectivity index (χ1n) is 5.36. The number of aromatic nitrogens is 3. The van der Waals surface area contributed by atoms with Crippen molar-refractivity contribution in [2.24, 2.45) is 7.05 Å². The van der Waals surface area contributed by atoms with Gasteiger partial charge in [0.15, 0.2) is 5.15 Å². The summed E-state index contributed by atoms with van der Waals surface area (Å²) < 4.78 is 2.78. The van der Waals surface area contributed by atoms with Gasteiger partial charge in [0.25, 0.3) is 11.1 Å². The minimum Gasteiger partial charge on any atom is -0.312 e. The molecule has 2 aromatic heterocycles. The molecule has 1 fully saturated rings. The molecule has 1 aliphatic rings. The predicted molar refractivity (Wildman–Crippen MR) is 64.5 cm³/mol. The fourth-order valence-electron chi connectivity index (χ4n) is 1.93. The highest BCUT2D eigenvalue weighted by Gasteiger charge is 2.25. The Morgan fingerprint density at radius 1 is 1.35 bits per heavy atom. The van der Waals surface area contributed by atoms with Crippen LogP contribution in [0, 0.1) is 0 Å². The topological polar surface area (TPSA) is 56.9 Å². The van der Waals surface area contributed by atoms with Gasteiger partial charge in [-0.15, -0.1) is 0 Å². The normalized spacial score (nSPS) is 15.4. The molecule has 0 atom stereocenters. The number of fused-ring (bicyclic) bond motifs is 1. The Balaban J connectivity index is 2.44. The average Bonchev–Trinajstić information content (AvgIpc) is 3.09. The highest BCUT2D eigenvalue weighted by Crippen LogP contribution is 2.34. The van der Waals surface area contributed by atoms with Gasteiger partial charge in [-0.1, -0.05) is 11.6 Å². The molecule has 88 valence electrons. The minimum absolute atomic E-state index is 0.153. The van der Waals surface area contributed by atoms with Crippen molar-refractivity contribution in [3.8, 4) is 0 Å². The summed E-state index contributed by atoms with van der Waals surface area (Å²) in [5.41, 5.74) is -0.455. The fraction of sp³-hybridized carbons (Fsp3) is 0.364. The lowest BCUT2D eigenvalue weighted by atomic mass is 10.2. The zero-order valence-corrected chi connectivity index (χ0v) is 9.94. The van der Waals surface area contributed by atoms with Crippen LogP contribution in [0.25, 0.3) is 10.8 Å². The third-order valence-electron chi connectivity index (χ3n) is 3.01. The molecule has 5 nitrogen and oxygen atoms in total. The highest BCUT2D eigenvalue weighted by atomic mass is 35.5. The smallest absolute Gasteiger partial charge is 0.274 e. The predicted octanol–water partition coefficient (Wildman–Crippen LogP) is 1.08. The standard InChI is InChI=1S/C11H10ClN3O2/c1-14-11(17)7-4-9(16)15(6-2-3-6)5-8(7)10(12)13-14/h4-6H,2-3H2,1H3. The van der Waals surface area contributed by atoms with E-state index in [4.69, 9.17) is 11.6 Å². The minimum atomic E-state index is -0.301. The maximum atomic E-state index is 11.8. The SMILES string of the molecule is Cn1nc(Cl)c2cn(C3CC3)c(=O)cc2c1=O. The van der Waals surface area contributed by atoms with Gasteiger partial charge in [0.05, 0.1) is 5.39 Å². The third kappa shape index (κ3) is 1.58. The lowest BCUT2D eigenvalue weighted by Crippen LogP contribution is -2.24. The van der Waals surface area contributed by atoms with Crippen molar-refractivity contribution in [3.05, 3.63) is 38.1 Å². The maximum absolute atomic E-state index is 11.8. The van der Waals surface area contributed by atoms with E-state index in [1.807, 2.05) is 0 Å². The van der Waals surface area contributed by atoms with Crippen LogP contribution < -0.4 is 11.1 Å². The molecule has 1 aliphatic carbocycles. The molecule has 0 N–H and O–H groups in total. The monoisotopic (exact) mass is 251 g/mol. The Morgan fingerprint density at radius 2 is 2.06 bits per heavy atom. The number of hydrogen-bond donors (Lipinski definition) is 0. The highest BCUT2D eigenvalue weighted by molar-refractivity contribution is 6.34. The van der Waals surface area contributed by atoms with Crippen molar-refractivity contribution in [1.29, 1.82) is 0 Å². The van der Waals surface area contributed by atoms with E-state index in [1.54, 1.807) is 10.8 Å². The van der Waals surface area contributed by atoms with Gasteiger partial charge in [0.2, 0.25) is 0 Å². The molecule has 0 aromatic carbocycles. The average molecular weight is 252 g/mol. The molecule has 0 unspecified atom stereocenters. The molecule has 1 saturated carbocycles. The van der Waals surface area contributed by atoms with Gasteiger partial charge in [-0.2, -0.15) is 5.10 Å². The zero-order chi connectivity index (χ0) is 12.2. The second-order valence-electron chi connectivity index (χ2n) is 4.30. The molecule has 0 amide bonds. The van der Waals surface area contributed by atoms with Crippen LogP contribution in [0.4, 0.5) is 0 Å². The summed E-state index contributed by atoms with van der Waals surface area (Å²) in [7, 11) is 1.51. The van der Waals surface area contributed by atoms with E-state index < -0.39 is 0 Å². The quantitative estimate of drug-likeness (QED) is 0.762. The molecule has 2 aromatic rings. The van der Waals surface area contributed by atoms with Crippen LogP contribution in [0.5, 0.6) is 0 Å². The van der Waals surface area contributed by atoms with E-state index in [-0.39, 0.29) is 22.3 Å². The van der Waals surface area contributed by atoms with Crippen LogP contribution in [-0.2, 0) is 7.05 Å². The molecule has 2 heterocycles. The summed E-state index contributed by atoms with van der Waals surface area (Å²) in [5.74, 6) is 0. The Labute approximate surface area is 101 Å². The van der Waals surface area contributed by atoms with E-state index in [1.165, 1.54) is 13.1 Å². The van der Waals surface area contributed by atoms with Gasteiger partial charge >= 0.3 is 0 Å². The number of aryl methyl sites for hydroxylation is 1. The second kappa shape index (κ2) is 3.43. The summed E-state index contributed by atoms with van der Waals surface area (Å²) in [5, 5.41) is 5.02. The van der Waals surface area contributed by atoms with Crippen LogP contribution in [0.1, 0.15) is 18.9 Å². The number of hydrogen-bond acceptors (Lipinski definition) is 3. The van der Waals surface area contributed by atoms with E-state index in [0.717, 1.165) is 17.5 Å². The first kappa shape index (κ1) is 10.5. The van der Waals surface area contributed by atoms with Crippen molar-refractivity contribution < 1.29 is 0 Å². The van der Waals surface area contributed by atoms with E-state index in [9.17, 15) is 9.59 Å². The molecule has 0 spiro atoms. The molecule has 0 aliphatic heterocycles. The summed E-state index contributed by atoms with van der Waals surface area (Å²) in [6.07, 6.45) is 3.65. The molecule has 0 saturated heterocycles. The van der Waals surface area contributed by atoms with Crippen LogP contribution in [0.15, 0.2) is 21.9 Å². The second-order valence-corrected chi connectivity index (χ2v) is 4.66. The van der Waals surface area contributed by atoms with Crippen molar-refractivity contribution >= 4 is 22.4 Å². The van der Waals surface area contributed by atoms with E-state index in [0.29, 0.717) is 10.8 Å². The Kier molecular flexibility index (Phi) is 2.13. The van der Waals surface area contributed by atoms with E-state index in [2.05, 4.69) is 5.10 Å². The Morgan fingerprint density at radius 3 is 2.71 bits per heavy atom. The third-order valence-corrected chi connectivity index (χ3v) is 3.28. The number of halogens is 1.